The van der Waals surface area contributed by atoms with Gasteiger partial charge in [-0.1, -0.05) is 85.0 Å². The lowest BCUT2D eigenvalue weighted by atomic mass is 9.82. The molecule has 6 amide bonds. The molecular formula is C49H82N8O7. The van der Waals surface area contributed by atoms with Crippen LogP contribution in [-0.4, -0.2) is 123 Å². The number of likely N-dealkylation sites (tertiary alicyclic amines) is 1. The van der Waals surface area contributed by atoms with Gasteiger partial charge in [-0.05, 0) is 114 Å². The topological polar surface area (TPSA) is 199 Å². The molecule has 0 aromatic heterocycles. The summed E-state index contributed by atoms with van der Waals surface area (Å²) in [6.45, 7) is 13.9. The fourth-order valence-corrected chi connectivity index (χ4v) is 8.80. The highest BCUT2D eigenvalue weighted by molar-refractivity contribution is 5.94. The summed E-state index contributed by atoms with van der Waals surface area (Å²) in [6.07, 6.45) is 14.0. The Morgan fingerprint density at radius 3 is 1.89 bits per heavy atom. The summed E-state index contributed by atoms with van der Waals surface area (Å²) in [5, 5.41) is 20.8. The first kappa shape index (κ1) is 54.2. The Bertz CT molecular complexity index is 1650. The first-order valence-electron chi connectivity index (χ1n) is 24.1. The van der Waals surface area contributed by atoms with Crippen molar-refractivity contribution < 1.29 is 33.5 Å². The summed E-state index contributed by atoms with van der Waals surface area (Å²) in [6, 6.07) is -3.22. The van der Waals surface area contributed by atoms with Gasteiger partial charge in [0.2, 0.25) is 35.4 Å². The maximum atomic E-state index is 14.0. The van der Waals surface area contributed by atoms with Gasteiger partial charge in [0, 0.05) is 19.0 Å². The zero-order valence-electron chi connectivity index (χ0n) is 40.5. The predicted octanol–water partition coefficient (Wildman–Crippen LogP) is 3.31. The van der Waals surface area contributed by atoms with Crippen molar-refractivity contribution in [1.29, 1.82) is 0 Å². The van der Waals surface area contributed by atoms with E-state index in [0.717, 1.165) is 77.0 Å². The van der Waals surface area contributed by atoms with Gasteiger partial charge in [0.15, 0.2) is 0 Å². The second kappa shape index (κ2) is 28.0. The lowest BCUT2D eigenvalue weighted by molar-refractivity contribution is -0.144. The number of carbonyl (C=O) groups is 6. The summed E-state index contributed by atoms with van der Waals surface area (Å²) in [7, 11) is 3.40. The monoisotopic (exact) mass is 895 g/mol. The number of carbonyl (C=O) groups excluding carboxylic acids is 6. The van der Waals surface area contributed by atoms with Crippen LogP contribution in [0, 0.1) is 46.9 Å². The lowest BCUT2D eigenvalue weighted by Gasteiger charge is -2.37. The van der Waals surface area contributed by atoms with Gasteiger partial charge in [0.1, 0.15) is 24.7 Å². The smallest absolute Gasteiger partial charge is 0.246 e. The van der Waals surface area contributed by atoms with Crippen molar-refractivity contribution in [1.82, 2.24) is 42.1 Å². The van der Waals surface area contributed by atoms with Crippen LogP contribution in [0.1, 0.15) is 145 Å². The number of rotatable bonds is 22. The molecule has 15 heteroatoms. The van der Waals surface area contributed by atoms with Gasteiger partial charge in [0.05, 0.1) is 31.3 Å². The molecule has 0 aromatic rings. The Kier molecular flexibility index (Phi) is 23.7. The number of amides is 6. The molecule has 3 aliphatic rings. The van der Waals surface area contributed by atoms with E-state index in [0.29, 0.717) is 25.3 Å². The summed E-state index contributed by atoms with van der Waals surface area (Å²) in [5.41, 5.74) is -0.543. The second-order valence-electron chi connectivity index (χ2n) is 19.6. The molecule has 1 heterocycles. The van der Waals surface area contributed by atoms with E-state index in [2.05, 4.69) is 60.9 Å². The van der Waals surface area contributed by atoms with Crippen molar-refractivity contribution in [3.8, 4) is 23.7 Å². The maximum Gasteiger partial charge on any atom is 0.246 e. The van der Waals surface area contributed by atoms with Crippen molar-refractivity contribution in [3.63, 3.8) is 0 Å². The molecule has 0 radical (unpaired) electrons. The van der Waals surface area contributed by atoms with Gasteiger partial charge >= 0.3 is 0 Å². The van der Waals surface area contributed by atoms with E-state index in [1.54, 1.807) is 32.8 Å². The Hall–Kier alpha value is -4.18. The van der Waals surface area contributed by atoms with Crippen LogP contribution in [0.25, 0.3) is 0 Å². The second-order valence-corrected chi connectivity index (χ2v) is 19.6. The molecule has 3 rings (SSSR count). The third-order valence-electron chi connectivity index (χ3n) is 13.2. The van der Waals surface area contributed by atoms with E-state index in [1.807, 2.05) is 34.6 Å². The molecule has 64 heavy (non-hydrogen) atoms. The fourth-order valence-electron chi connectivity index (χ4n) is 8.80. The molecule has 0 aromatic carbocycles. The SMILES string of the molecule is CN[C@@H](C)C(=O)N[C@H](C(=O)N1CCCC1C(=O)N[C@H](CCCC#CC#CCOC[C@@H](NC(=O)CNC(=O)[C@H](NC(=O)[C@@H](C)NC)C1CCCCC1)C(C)C)C1CCCCC1)C(C)(C)C. The first-order valence-corrected chi connectivity index (χ1v) is 24.1. The molecule has 2 saturated carbocycles. The number of hydrogen-bond donors (Lipinski definition) is 7. The summed E-state index contributed by atoms with van der Waals surface area (Å²) < 4.78 is 5.78. The van der Waals surface area contributed by atoms with Gasteiger partial charge in [-0.25, -0.2) is 0 Å². The third-order valence-corrected chi connectivity index (χ3v) is 13.2. The minimum atomic E-state index is -0.760. The molecule has 7 atom stereocenters. The summed E-state index contributed by atoms with van der Waals surface area (Å²) >= 11 is 0. The number of nitrogens with zero attached hydrogens (tertiary/aromatic N) is 1. The van der Waals surface area contributed by atoms with Crippen LogP contribution in [0.3, 0.4) is 0 Å². The number of nitrogens with one attached hydrogen (secondary N) is 7. The highest BCUT2D eigenvalue weighted by Gasteiger charge is 2.43. The molecule has 1 saturated heterocycles. The van der Waals surface area contributed by atoms with Gasteiger partial charge in [-0.15, -0.1) is 0 Å². The zero-order chi connectivity index (χ0) is 47.2. The molecule has 360 valence electrons. The van der Waals surface area contributed by atoms with Crippen LogP contribution >= 0.6 is 0 Å². The van der Waals surface area contributed by atoms with Gasteiger partial charge < -0.3 is 46.9 Å². The Balaban J connectivity index is 1.47. The van der Waals surface area contributed by atoms with Crippen LogP contribution in [0.5, 0.6) is 0 Å². The number of likely N-dealkylation sites (N-methyl/N-ethyl adjacent to an activating group) is 2. The average Bonchev–Trinajstić information content (AvgIpc) is 3.78. The van der Waals surface area contributed by atoms with Crippen LogP contribution in [0.2, 0.25) is 0 Å². The first-order chi connectivity index (χ1) is 30.5. The largest absolute Gasteiger partial charge is 0.367 e. The van der Waals surface area contributed by atoms with Crippen molar-refractivity contribution >= 4 is 35.4 Å². The van der Waals surface area contributed by atoms with Crippen LogP contribution in [0.4, 0.5) is 0 Å². The Morgan fingerprint density at radius 1 is 0.703 bits per heavy atom. The van der Waals surface area contributed by atoms with Crippen LogP contribution < -0.4 is 37.2 Å². The maximum absolute atomic E-state index is 14.0. The number of ether oxygens (including phenoxy) is 1. The molecule has 0 spiro atoms. The highest BCUT2D eigenvalue weighted by Crippen LogP contribution is 2.31. The van der Waals surface area contributed by atoms with E-state index in [-0.39, 0.29) is 79.1 Å². The van der Waals surface area contributed by atoms with Gasteiger partial charge in [-0.2, -0.15) is 0 Å². The van der Waals surface area contributed by atoms with Gasteiger partial charge in [0.25, 0.3) is 0 Å². The van der Waals surface area contributed by atoms with Crippen LogP contribution in [0.15, 0.2) is 0 Å². The molecule has 1 unspecified atom stereocenters. The molecule has 7 N–H and O–H groups in total. The quantitative estimate of drug-likeness (QED) is 0.0630. The predicted molar refractivity (Wildman–Crippen MR) is 250 cm³/mol. The molecule has 1 aliphatic heterocycles. The zero-order valence-corrected chi connectivity index (χ0v) is 40.5. The molecule has 3 fully saturated rings. The highest BCUT2D eigenvalue weighted by atomic mass is 16.5. The van der Waals surface area contributed by atoms with E-state index in [4.69, 9.17) is 4.74 Å². The van der Waals surface area contributed by atoms with Crippen molar-refractivity contribution in [2.24, 2.45) is 23.2 Å². The molecule has 2 aliphatic carbocycles. The lowest BCUT2D eigenvalue weighted by Crippen LogP contribution is -2.60. The minimum Gasteiger partial charge on any atom is -0.367 e. The standard InChI is InChI=1S/C49H82N8O7/c1-33(2)39(53-41(58)31-52-47(62)42(37-25-18-15-19-26-37)55-44(59)34(3)50-8)32-64-30-21-13-11-10-12-20-27-38(36-23-16-14-17-24-36)54-46(61)40-28-22-29-57(40)48(63)43(49(5,6)7)56-45(60)35(4)51-9/h33-40,42-43,50-51H,12,14-20,22-32H2,1-9H3,(H,52,62)(H,53,58)(H,54,61)(H,55,59)(H,56,60)/t34-,35+,38-,39-,40?,42-,43-/m1/s1. The normalized spacial score (nSPS) is 19.9. The van der Waals surface area contributed by atoms with E-state index in [1.165, 1.54) is 6.42 Å². The molecule has 0 bridgehead atoms. The van der Waals surface area contributed by atoms with E-state index < -0.39 is 35.6 Å². The number of hydrogen-bond acceptors (Lipinski definition) is 9. The van der Waals surface area contributed by atoms with E-state index in [9.17, 15) is 28.8 Å². The van der Waals surface area contributed by atoms with Crippen molar-refractivity contribution in [3.05, 3.63) is 0 Å². The average molecular weight is 895 g/mol. The van der Waals surface area contributed by atoms with E-state index >= 15 is 0 Å². The third kappa shape index (κ3) is 18.0. The summed E-state index contributed by atoms with van der Waals surface area (Å²) in [4.78, 5) is 81.2. The Morgan fingerprint density at radius 2 is 1.30 bits per heavy atom. The minimum absolute atomic E-state index is 0.00900. The van der Waals surface area contributed by atoms with Crippen LogP contribution in [-0.2, 0) is 33.5 Å². The van der Waals surface area contributed by atoms with Crippen molar-refractivity contribution in [2.75, 3.05) is 40.4 Å². The van der Waals surface area contributed by atoms with Crippen molar-refractivity contribution in [2.45, 2.75) is 187 Å². The fraction of sp³-hybridized carbons (Fsp3) is 0.796. The molecular weight excluding hydrogens is 813 g/mol. The number of unbranched alkanes of at least 4 members (excludes halogenated alkanes) is 1. The summed E-state index contributed by atoms with van der Waals surface area (Å²) in [5.74, 6) is 10.8. The molecule has 15 nitrogen and oxygen atoms in total. The van der Waals surface area contributed by atoms with Gasteiger partial charge in [-0.3, -0.25) is 28.8 Å². The Labute approximate surface area is 384 Å².